The zero-order valence-corrected chi connectivity index (χ0v) is 8.08. The van der Waals surface area contributed by atoms with E-state index in [4.69, 9.17) is 4.74 Å². The molecule has 1 aromatic heterocycles. The Morgan fingerprint density at radius 2 is 2.21 bits per heavy atom. The van der Waals surface area contributed by atoms with Gasteiger partial charge >= 0.3 is 0 Å². The van der Waals surface area contributed by atoms with Crippen LogP contribution < -0.4 is 4.74 Å². The molecule has 14 heavy (non-hydrogen) atoms. The van der Waals surface area contributed by atoms with Crippen molar-refractivity contribution >= 4 is 10.9 Å². The van der Waals surface area contributed by atoms with E-state index in [9.17, 15) is 0 Å². The van der Waals surface area contributed by atoms with E-state index in [1.807, 2.05) is 6.07 Å². The molecule has 2 nitrogen and oxygen atoms in total. The molecule has 1 aliphatic rings. The Labute approximate surface area is 82.5 Å². The maximum absolute atomic E-state index is 5.43. The Morgan fingerprint density at radius 3 is 3.14 bits per heavy atom. The first-order valence-corrected chi connectivity index (χ1v) is 4.86. The summed E-state index contributed by atoms with van der Waals surface area (Å²) >= 11 is 0. The lowest BCUT2D eigenvalue weighted by Gasteiger charge is -2.02. The Kier molecular flexibility index (Phi) is 1.51. The van der Waals surface area contributed by atoms with E-state index in [0.29, 0.717) is 0 Å². The third-order valence-electron chi connectivity index (χ3n) is 2.62. The van der Waals surface area contributed by atoms with E-state index in [1.165, 1.54) is 16.5 Å². The quantitative estimate of drug-likeness (QED) is 0.629. The maximum atomic E-state index is 5.43. The highest BCUT2D eigenvalue weighted by molar-refractivity contribution is 5.81. The first-order valence-electron chi connectivity index (χ1n) is 4.86. The second-order valence-corrected chi connectivity index (χ2v) is 3.75. The summed E-state index contributed by atoms with van der Waals surface area (Å²) in [6.07, 6.45) is 0.992. The summed E-state index contributed by atoms with van der Waals surface area (Å²) in [5.74, 6) is 0.821. The van der Waals surface area contributed by atoms with Gasteiger partial charge in [-0.15, -0.1) is 0 Å². The second kappa shape index (κ2) is 2.71. The van der Waals surface area contributed by atoms with Crippen molar-refractivity contribution in [3.05, 3.63) is 35.4 Å². The summed E-state index contributed by atoms with van der Waals surface area (Å²) in [5, 5.41) is 1.22. The lowest BCUT2D eigenvalue weighted by atomic mass is 10.1. The standard InChI is InChI=1S/C12H11NO/c1-8-2-3-11-10(6-8)7-9-4-5-14-12(9)13-11/h2-3,6-7H,4-5H2,1H3. The van der Waals surface area contributed by atoms with Gasteiger partial charge in [-0.2, -0.15) is 0 Å². The minimum atomic E-state index is 0.775. The molecule has 2 heteroatoms. The van der Waals surface area contributed by atoms with E-state index in [-0.39, 0.29) is 0 Å². The molecule has 3 rings (SSSR count). The number of fused-ring (bicyclic) bond motifs is 2. The number of hydrogen-bond acceptors (Lipinski definition) is 2. The van der Waals surface area contributed by atoms with E-state index in [1.54, 1.807) is 0 Å². The number of hydrogen-bond donors (Lipinski definition) is 0. The van der Waals surface area contributed by atoms with Gasteiger partial charge in [-0.05, 0) is 25.1 Å². The molecule has 0 radical (unpaired) electrons. The van der Waals surface area contributed by atoms with Crippen LogP contribution in [0.1, 0.15) is 11.1 Å². The fraction of sp³-hybridized carbons (Fsp3) is 0.250. The molecule has 0 amide bonds. The first kappa shape index (κ1) is 7.80. The van der Waals surface area contributed by atoms with Gasteiger partial charge in [0.05, 0.1) is 12.1 Å². The van der Waals surface area contributed by atoms with Gasteiger partial charge < -0.3 is 4.74 Å². The van der Waals surface area contributed by atoms with Crippen LogP contribution in [0.4, 0.5) is 0 Å². The van der Waals surface area contributed by atoms with Crippen molar-refractivity contribution in [2.75, 3.05) is 6.61 Å². The number of benzene rings is 1. The van der Waals surface area contributed by atoms with E-state index < -0.39 is 0 Å². The van der Waals surface area contributed by atoms with Gasteiger partial charge in [0.15, 0.2) is 0 Å². The summed E-state index contributed by atoms with van der Waals surface area (Å²) in [4.78, 5) is 4.47. The van der Waals surface area contributed by atoms with Crippen molar-refractivity contribution in [2.24, 2.45) is 0 Å². The molecule has 2 aromatic rings. The minimum absolute atomic E-state index is 0.775. The van der Waals surface area contributed by atoms with Crippen molar-refractivity contribution in [3.63, 3.8) is 0 Å². The summed E-state index contributed by atoms with van der Waals surface area (Å²) in [6.45, 7) is 2.88. The number of aromatic nitrogens is 1. The fourth-order valence-corrected chi connectivity index (χ4v) is 1.88. The lowest BCUT2D eigenvalue weighted by molar-refractivity contribution is 0.346. The summed E-state index contributed by atoms with van der Waals surface area (Å²) in [6, 6.07) is 8.49. The molecule has 0 atom stereocenters. The largest absolute Gasteiger partial charge is 0.477 e. The second-order valence-electron chi connectivity index (χ2n) is 3.75. The first-order chi connectivity index (χ1) is 6.83. The molecule has 70 valence electrons. The van der Waals surface area contributed by atoms with Crippen LogP contribution >= 0.6 is 0 Å². The third-order valence-corrected chi connectivity index (χ3v) is 2.62. The van der Waals surface area contributed by atoms with Gasteiger partial charge in [0, 0.05) is 17.4 Å². The smallest absolute Gasteiger partial charge is 0.217 e. The zero-order chi connectivity index (χ0) is 9.54. The van der Waals surface area contributed by atoms with Crippen molar-refractivity contribution < 1.29 is 4.74 Å². The predicted octanol–water partition coefficient (Wildman–Crippen LogP) is 2.48. The highest BCUT2D eigenvalue weighted by Gasteiger charge is 2.14. The Balaban J connectivity index is 2.33. The van der Waals surface area contributed by atoms with Crippen LogP contribution in [0.25, 0.3) is 10.9 Å². The van der Waals surface area contributed by atoms with Crippen LogP contribution in [0.15, 0.2) is 24.3 Å². The molecule has 0 unspecified atom stereocenters. The summed E-state index contributed by atoms with van der Waals surface area (Å²) < 4.78 is 5.43. The van der Waals surface area contributed by atoms with Gasteiger partial charge in [-0.25, -0.2) is 4.98 Å². The number of nitrogens with zero attached hydrogens (tertiary/aromatic N) is 1. The van der Waals surface area contributed by atoms with E-state index in [2.05, 4.69) is 30.1 Å². The topological polar surface area (TPSA) is 22.1 Å². The van der Waals surface area contributed by atoms with Crippen LogP contribution in [-0.4, -0.2) is 11.6 Å². The lowest BCUT2D eigenvalue weighted by Crippen LogP contribution is -1.88. The highest BCUT2D eigenvalue weighted by Crippen LogP contribution is 2.27. The monoisotopic (exact) mass is 185 g/mol. The number of rotatable bonds is 0. The molecule has 0 aliphatic carbocycles. The molecule has 0 spiro atoms. The average molecular weight is 185 g/mol. The predicted molar refractivity (Wildman–Crippen MR) is 55.7 cm³/mol. The highest BCUT2D eigenvalue weighted by atomic mass is 16.5. The molecule has 0 N–H and O–H groups in total. The summed E-state index contributed by atoms with van der Waals surface area (Å²) in [7, 11) is 0. The molecule has 0 bridgehead atoms. The van der Waals surface area contributed by atoms with Crippen molar-refractivity contribution in [1.82, 2.24) is 4.98 Å². The molecule has 2 heterocycles. The van der Waals surface area contributed by atoms with Gasteiger partial charge in [-0.3, -0.25) is 0 Å². The van der Waals surface area contributed by atoms with Crippen molar-refractivity contribution in [2.45, 2.75) is 13.3 Å². The minimum Gasteiger partial charge on any atom is -0.477 e. The SMILES string of the molecule is Cc1ccc2nc3c(cc2c1)CCO3. The van der Waals surface area contributed by atoms with E-state index in [0.717, 1.165) is 24.4 Å². The van der Waals surface area contributed by atoms with Crippen LogP contribution in [0.3, 0.4) is 0 Å². The van der Waals surface area contributed by atoms with Crippen LogP contribution in [-0.2, 0) is 6.42 Å². The Morgan fingerprint density at radius 1 is 1.29 bits per heavy atom. The molecule has 0 fully saturated rings. The molecule has 0 saturated heterocycles. The average Bonchev–Trinajstić information content (AvgIpc) is 2.61. The Hall–Kier alpha value is -1.57. The van der Waals surface area contributed by atoms with Crippen molar-refractivity contribution in [1.29, 1.82) is 0 Å². The number of ether oxygens (including phenoxy) is 1. The van der Waals surface area contributed by atoms with Crippen LogP contribution in [0.2, 0.25) is 0 Å². The van der Waals surface area contributed by atoms with Crippen LogP contribution in [0.5, 0.6) is 5.88 Å². The third kappa shape index (κ3) is 1.07. The fourth-order valence-electron chi connectivity index (χ4n) is 1.88. The maximum Gasteiger partial charge on any atom is 0.217 e. The Bertz CT molecular complexity index is 505. The number of pyridine rings is 1. The van der Waals surface area contributed by atoms with Crippen LogP contribution in [0, 0.1) is 6.92 Å². The normalized spacial score (nSPS) is 14.1. The summed E-state index contributed by atoms with van der Waals surface area (Å²) in [5.41, 5.74) is 3.54. The van der Waals surface area contributed by atoms with Crippen molar-refractivity contribution in [3.8, 4) is 5.88 Å². The molecular formula is C12H11NO. The molecule has 0 saturated carbocycles. The van der Waals surface area contributed by atoms with E-state index >= 15 is 0 Å². The molecule has 1 aromatic carbocycles. The van der Waals surface area contributed by atoms with Gasteiger partial charge in [0.2, 0.25) is 5.88 Å². The zero-order valence-electron chi connectivity index (χ0n) is 8.08. The number of aryl methyl sites for hydroxylation is 1. The van der Waals surface area contributed by atoms with Gasteiger partial charge in [-0.1, -0.05) is 11.6 Å². The van der Waals surface area contributed by atoms with Gasteiger partial charge in [0.1, 0.15) is 0 Å². The molecular weight excluding hydrogens is 174 g/mol. The molecule has 1 aliphatic heterocycles. The van der Waals surface area contributed by atoms with Gasteiger partial charge in [0.25, 0.3) is 0 Å².